The quantitative estimate of drug-likeness (QED) is 0.435. The van der Waals surface area contributed by atoms with Crippen LogP contribution in [0.5, 0.6) is 0 Å². The smallest absolute Gasteiger partial charge is 0.550 e. The summed E-state index contributed by atoms with van der Waals surface area (Å²) in [5.41, 5.74) is 0. The molecular weight excluding hydrogens is 316 g/mol. The summed E-state index contributed by atoms with van der Waals surface area (Å²) < 4.78 is 0. The van der Waals surface area contributed by atoms with Gasteiger partial charge >= 0.3 is 118 Å². The van der Waals surface area contributed by atoms with Crippen molar-refractivity contribution in [1.29, 1.82) is 0 Å². The van der Waals surface area contributed by atoms with Crippen LogP contribution < -0.4 is 139 Å². The molecule has 92 valence electrons. The standard InChI is InChI=1S/2C4H6O4.4Na/c2*5-3(6)1-2-4(7)8;;;;/h2*1-2H2,(H,5,6)(H,7,8);;;;/q;;4*+1/p-4. The maximum atomic E-state index is 9.50. The fourth-order valence-electron chi connectivity index (χ4n) is 0.408. The summed E-state index contributed by atoms with van der Waals surface area (Å²) >= 11 is 0. The number of carboxylic acid groups (broad SMARTS) is 4. The molecule has 0 saturated heterocycles. The molecule has 0 rings (SSSR count). The predicted molar refractivity (Wildman–Crippen MR) is 38.5 cm³/mol. The molecular formula is C8H8Na4O8. The molecule has 0 saturated carbocycles. The van der Waals surface area contributed by atoms with Crippen molar-refractivity contribution in [3.63, 3.8) is 0 Å². The number of aliphatic carboxylic acids is 4. The van der Waals surface area contributed by atoms with Crippen LogP contribution in [0.25, 0.3) is 0 Å². The van der Waals surface area contributed by atoms with Crippen molar-refractivity contribution in [2.24, 2.45) is 0 Å². The Labute approximate surface area is 204 Å². The van der Waals surface area contributed by atoms with E-state index >= 15 is 0 Å². The zero-order valence-corrected chi connectivity index (χ0v) is 20.1. The fourth-order valence-corrected chi connectivity index (χ4v) is 0.408. The van der Waals surface area contributed by atoms with Gasteiger partial charge in [-0.05, 0) is 25.7 Å². The monoisotopic (exact) mass is 324 g/mol. The van der Waals surface area contributed by atoms with Gasteiger partial charge in [-0.3, -0.25) is 0 Å². The van der Waals surface area contributed by atoms with Gasteiger partial charge in [-0.25, -0.2) is 0 Å². The summed E-state index contributed by atoms with van der Waals surface area (Å²) in [6, 6.07) is 0. The summed E-state index contributed by atoms with van der Waals surface area (Å²) in [6.07, 6.45) is -1.88. The van der Waals surface area contributed by atoms with Crippen molar-refractivity contribution in [3.05, 3.63) is 0 Å². The number of carbonyl (C=O) groups is 4. The molecule has 0 aliphatic carbocycles. The van der Waals surface area contributed by atoms with Gasteiger partial charge in [0.25, 0.3) is 0 Å². The van der Waals surface area contributed by atoms with E-state index in [9.17, 15) is 39.6 Å². The third-order valence-corrected chi connectivity index (χ3v) is 1.07. The first-order valence-electron chi connectivity index (χ1n) is 4.05. The minimum atomic E-state index is -1.37. The first-order valence-corrected chi connectivity index (χ1v) is 4.05. The molecule has 20 heavy (non-hydrogen) atoms. The van der Waals surface area contributed by atoms with Crippen LogP contribution in [0.2, 0.25) is 0 Å². The van der Waals surface area contributed by atoms with Crippen molar-refractivity contribution in [3.8, 4) is 0 Å². The normalized spacial score (nSPS) is 6.80. The Hall–Kier alpha value is 1.88. The molecule has 0 bridgehead atoms. The molecule has 0 aliphatic heterocycles. The summed E-state index contributed by atoms with van der Waals surface area (Å²) in [4.78, 5) is 38.0. The van der Waals surface area contributed by atoms with Crippen LogP contribution in [0.3, 0.4) is 0 Å². The van der Waals surface area contributed by atoms with Crippen LogP contribution in [0.4, 0.5) is 0 Å². The average molecular weight is 324 g/mol. The zero-order chi connectivity index (χ0) is 13.1. The van der Waals surface area contributed by atoms with Crippen molar-refractivity contribution in [2.75, 3.05) is 0 Å². The van der Waals surface area contributed by atoms with E-state index in [-0.39, 0.29) is 118 Å². The first-order chi connectivity index (χ1) is 7.25. The van der Waals surface area contributed by atoms with Crippen molar-refractivity contribution in [2.45, 2.75) is 25.7 Å². The Morgan fingerprint density at radius 1 is 0.450 bits per heavy atom. The fraction of sp³-hybridized carbons (Fsp3) is 0.500. The molecule has 0 aromatic rings. The second kappa shape index (κ2) is 25.8. The third-order valence-electron chi connectivity index (χ3n) is 1.07. The minimum absolute atomic E-state index is 0. The van der Waals surface area contributed by atoms with E-state index in [4.69, 9.17) is 0 Å². The maximum absolute atomic E-state index is 9.50. The summed E-state index contributed by atoms with van der Waals surface area (Å²) in [7, 11) is 0. The zero-order valence-electron chi connectivity index (χ0n) is 12.1. The molecule has 0 spiro atoms. The van der Waals surface area contributed by atoms with Gasteiger partial charge in [0.2, 0.25) is 0 Å². The van der Waals surface area contributed by atoms with Gasteiger partial charge in [-0.2, -0.15) is 0 Å². The van der Waals surface area contributed by atoms with E-state index in [1.165, 1.54) is 0 Å². The van der Waals surface area contributed by atoms with Gasteiger partial charge in [0.1, 0.15) is 0 Å². The van der Waals surface area contributed by atoms with Crippen LogP contribution in [-0.2, 0) is 19.2 Å². The molecule has 0 unspecified atom stereocenters. The van der Waals surface area contributed by atoms with E-state index in [2.05, 4.69) is 0 Å². The van der Waals surface area contributed by atoms with Crippen LogP contribution in [-0.4, -0.2) is 23.9 Å². The molecule has 0 radical (unpaired) electrons. The largest absolute Gasteiger partial charge is 1.00 e. The van der Waals surface area contributed by atoms with E-state index in [1.807, 2.05) is 0 Å². The topological polar surface area (TPSA) is 161 Å². The van der Waals surface area contributed by atoms with E-state index in [0.717, 1.165) is 0 Å². The number of carboxylic acids is 4. The van der Waals surface area contributed by atoms with Gasteiger partial charge in [0.15, 0.2) is 0 Å². The molecule has 0 aliphatic rings. The Morgan fingerprint density at radius 3 is 0.600 bits per heavy atom. The first kappa shape index (κ1) is 37.8. The number of carbonyl (C=O) groups excluding carboxylic acids is 4. The SMILES string of the molecule is O=C([O-])CCC(=O)[O-].O=C([O-])CCC(=O)[O-].[Na+].[Na+].[Na+].[Na+]. The number of rotatable bonds is 6. The van der Waals surface area contributed by atoms with Gasteiger partial charge in [-0.15, -0.1) is 0 Å². The molecule has 0 atom stereocenters. The third kappa shape index (κ3) is 50.2. The van der Waals surface area contributed by atoms with E-state index in [1.54, 1.807) is 0 Å². The molecule has 0 heterocycles. The van der Waals surface area contributed by atoms with Crippen LogP contribution >= 0.6 is 0 Å². The Kier molecular flexibility index (Phi) is 48.8. The van der Waals surface area contributed by atoms with E-state index in [0.29, 0.717) is 0 Å². The minimum Gasteiger partial charge on any atom is -0.550 e. The van der Waals surface area contributed by atoms with Gasteiger partial charge in [-0.1, -0.05) is 0 Å². The van der Waals surface area contributed by atoms with Crippen molar-refractivity contribution >= 4 is 23.9 Å². The molecule has 0 N–H and O–H groups in total. The Bertz CT molecular complexity index is 228. The number of hydrogen-bond donors (Lipinski definition) is 0. The Morgan fingerprint density at radius 2 is 0.550 bits per heavy atom. The summed E-state index contributed by atoms with van der Waals surface area (Å²) in [6.45, 7) is 0. The molecule has 0 amide bonds. The van der Waals surface area contributed by atoms with E-state index < -0.39 is 49.6 Å². The maximum Gasteiger partial charge on any atom is 1.00 e. The second-order valence-corrected chi connectivity index (χ2v) is 2.49. The molecule has 0 aromatic heterocycles. The van der Waals surface area contributed by atoms with Crippen molar-refractivity contribution in [1.82, 2.24) is 0 Å². The van der Waals surface area contributed by atoms with Crippen LogP contribution in [0.1, 0.15) is 25.7 Å². The van der Waals surface area contributed by atoms with Crippen LogP contribution in [0.15, 0.2) is 0 Å². The van der Waals surface area contributed by atoms with Gasteiger partial charge < -0.3 is 39.6 Å². The van der Waals surface area contributed by atoms with Gasteiger partial charge in [0.05, 0.1) is 0 Å². The van der Waals surface area contributed by atoms with Gasteiger partial charge in [0, 0.05) is 23.9 Å². The molecule has 0 aromatic carbocycles. The second-order valence-electron chi connectivity index (χ2n) is 2.49. The predicted octanol–water partition coefficient (Wildman–Crippen LogP) is -17.5. The number of hydrogen-bond acceptors (Lipinski definition) is 8. The average Bonchev–Trinajstić information content (AvgIpc) is 2.12. The molecule has 12 heteroatoms. The summed E-state index contributed by atoms with van der Waals surface area (Å²) in [5.74, 6) is -5.47. The Balaban J connectivity index is -0.0000000408. The molecule has 0 fully saturated rings. The van der Waals surface area contributed by atoms with Crippen molar-refractivity contribution < 1.29 is 158 Å². The molecule has 8 nitrogen and oxygen atoms in total. The van der Waals surface area contributed by atoms with Crippen LogP contribution in [0, 0.1) is 0 Å². The summed E-state index contributed by atoms with van der Waals surface area (Å²) in [5, 5.41) is 38.0.